The first-order chi connectivity index (χ1) is 8.58. The van der Waals surface area contributed by atoms with Crippen LogP contribution in [0.25, 0.3) is 11.3 Å². The Balaban J connectivity index is 2.65. The van der Waals surface area contributed by atoms with E-state index in [9.17, 15) is 0 Å². The van der Waals surface area contributed by atoms with Gasteiger partial charge in [-0.15, -0.1) is 0 Å². The first-order valence-electron chi connectivity index (χ1n) is 5.30. The number of benzene rings is 1. The van der Waals surface area contributed by atoms with E-state index in [1.54, 1.807) is 14.2 Å². The molecule has 0 aliphatic heterocycles. The third kappa shape index (κ3) is 2.03. The third-order valence-corrected chi connectivity index (χ3v) is 3.52. The molecule has 0 amide bonds. The van der Waals surface area contributed by atoms with Crippen molar-refractivity contribution in [3.05, 3.63) is 22.2 Å². The van der Waals surface area contributed by atoms with Gasteiger partial charge in [0.1, 0.15) is 11.5 Å². The molecule has 96 valence electrons. The largest absolute Gasteiger partial charge is 0.496 e. The SMILES string of the molecule is COc1cc(-c2[nH]nc(N)c2Br)c(OC)cc1C. The normalized spacial score (nSPS) is 10.4. The van der Waals surface area contributed by atoms with Crippen molar-refractivity contribution in [2.24, 2.45) is 0 Å². The summed E-state index contributed by atoms with van der Waals surface area (Å²) in [5.74, 6) is 1.93. The minimum Gasteiger partial charge on any atom is -0.496 e. The maximum atomic E-state index is 5.71. The Morgan fingerprint density at radius 1 is 1.22 bits per heavy atom. The number of nitrogen functional groups attached to an aromatic ring is 1. The average Bonchev–Trinajstić information content (AvgIpc) is 2.70. The van der Waals surface area contributed by atoms with Gasteiger partial charge >= 0.3 is 0 Å². The molecule has 0 aliphatic rings. The van der Waals surface area contributed by atoms with Crippen molar-refractivity contribution in [1.29, 1.82) is 0 Å². The molecule has 3 N–H and O–H groups in total. The van der Waals surface area contributed by atoms with Crippen LogP contribution in [0.15, 0.2) is 16.6 Å². The van der Waals surface area contributed by atoms with Gasteiger partial charge in [0.05, 0.1) is 24.4 Å². The second-order valence-corrected chi connectivity index (χ2v) is 4.61. The van der Waals surface area contributed by atoms with Gasteiger partial charge < -0.3 is 15.2 Å². The van der Waals surface area contributed by atoms with Crippen molar-refractivity contribution in [3.63, 3.8) is 0 Å². The van der Waals surface area contributed by atoms with Crippen LogP contribution < -0.4 is 15.2 Å². The van der Waals surface area contributed by atoms with Crippen molar-refractivity contribution < 1.29 is 9.47 Å². The fourth-order valence-corrected chi connectivity index (χ4v) is 2.16. The first kappa shape index (κ1) is 12.8. The van der Waals surface area contributed by atoms with Gasteiger partial charge in [-0.25, -0.2) is 0 Å². The number of hydrogen-bond acceptors (Lipinski definition) is 4. The number of methoxy groups -OCH3 is 2. The number of aromatic nitrogens is 2. The summed E-state index contributed by atoms with van der Waals surface area (Å²) in [4.78, 5) is 0. The second-order valence-electron chi connectivity index (χ2n) is 3.82. The van der Waals surface area contributed by atoms with E-state index in [1.165, 1.54) is 0 Å². The highest BCUT2D eigenvalue weighted by Crippen LogP contribution is 2.39. The number of nitrogens with one attached hydrogen (secondary N) is 1. The van der Waals surface area contributed by atoms with Crippen LogP contribution in [0, 0.1) is 6.92 Å². The van der Waals surface area contributed by atoms with Gasteiger partial charge in [0.15, 0.2) is 5.82 Å². The summed E-state index contributed by atoms with van der Waals surface area (Å²) in [5, 5.41) is 6.83. The van der Waals surface area contributed by atoms with E-state index in [-0.39, 0.29) is 0 Å². The van der Waals surface area contributed by atoms with Gasteiger partial charge in [0, 0.05) is 5.56 Å². The van der Waals surface area contributed by atoms with Crippen LogP contribution in [0.3, 0.4) is 0 Å². The molecule has 18 heavy (non-hydrogen) atoms. The maximum absolute atomic E-state index is 5.71. The number of aryl methyl sites for hydroxylation is 1. The van der Waals surface area contributed by atoms with E-state index in [4.69, 9.17) is 15.2 Å². The van der Waals surface area contributed by atoms with Gasteiger partial charge in [0.25, 0.3) is 0 Å². The van der Waals surface area contributed by atoms with E-state index < -0.39 is 0 Å². The Bertz CT molecular complexity index is 581. The highest BCUT2D eigenvalue weighted by Gasteiger charge is 2.16. The lowest BCUT2D eigenvalue weighted by molar-refractivity contribution is 0.401. The Hall–Kier alpha value is -1.69. The number of nitrogens with zero attached hydrogens (tertiary/aromatic N) is 1. The Morgan fingerprint density at radius 3 is 2.39 bits per heavy atom. The molecule has 0 saturated heterocycles. The molecular formula is C12H14BrN3O2. The quantitative estimate of drug-likeness (QED) is 0.914. The molecule has 0 fully saturated rings. The van der Waals surface area contributed by atoms with Crippen molar-refractivity contribution in [2.45, 2.75) is 6.92 Å². The van der Waals surface area contributed by atoms with Gasteiger partial charge in [-0.3, -0.25) is 5.10 Å². The average molecular weight is 312 g/mol. The van der Waals surface area contributed by atoms with Crippen molar-refractivity contribution >= 4 is 21.7 Å². The zero-order valence-electron chi connectivity index (χ0n) is 10.4. The van der Waals surface area contributed by atoms with Gasteiger partial charge in [-0.05, 0) is 40.5 Å². The summed E-state index contributed by atoms with van der Waals surface area (Å²) < 4.78 is 11.4. The standard InChI is InChI=1S/C12H14BrN3O2/c1-6-4-9(18-3)7(5-8(6)17-2)11-10(13)12(14)16-15-11/h4-5H,1-3H3,(H3,14,15,16). The molecule has 0 unspecified atom stereocenters. The highest BCUT2D eigenvalue weighted by atomic mass is 79.9. The summed E-state index contributed by atoms with van der Waals surface area (Å²) in [7, 11) is 3.26. The lowest BCUT2D eigenvalue weighted by Gasteiger charge is -2.12. The molecule has 0 radical (unpaired) electrons. The van der Waals surface area contributed by atoms with E-state index in [0.717, 1.165) is 28.3 Å². The van der Waals surface area contributed by atoms with Crippen molar-refractivity contribution in [2.75, 3.05) is 20.0 Å². The Kier molecular flexibility index (Phi) is 3.47. The number of rotatable bonds is 3. The number of aromatic amines is 1. The lowest BCUT2D eigenvalue weighted by atomic mass is 10.1. The number of halogens is 1. The number of ether oxygens (including phenoxy) is 2. The molecule has 0 aliphatic carbocycles. The van der Waals surface area contributed by atoms with E-state index in [1.807, 2.05) is 19.1 Å². The van der Waals surface area contributed by atoms with Gasteiger partial charge in [-0.2, -0.15) is 5.10 Å². The summed E-state index contributed by atoms with van der Waals surface area (Å²) in [5.41, 5.74) is 8.32. The number of hydrogen-bond donors (Lipinski definition) is 2. The maximum Gasteiger partial charge on any atom is 0.160 e. The lowest BCUT2D eigenvalue weighted by Crippen LogP contribution is -1.94. The fourth-order valence-electron chi connectivity index (χ4n) is 1.77. The number of anilines is 1. The van der Waals surface area contributed by atoms with Crippen LogP contribution >= 0.6 is 15.9 Å². The minimum atomic E-state index is 0.409. The molecule has 0 spiro atoms. The van der Waals surface area contributed by atoms with Crippen LogP contribution in [-0.2, 0) is 0 Å². The van der Waals surface area contributed by atoms with Crippen molar-refractivity contribution in [1.82, 2.24) is 10.2 Å². The highest BCUT2D eigenvalue weighted by molar-refractivity contribution is 9.10. The minimum absolute atomic E-state index is 0.409. The Labute approximate surface area is 113 Å². The van der Waals surface area contributed by atoms with Crippen LogP contribution in [0.4, 0.5) is 5.82 Å². The molecule has 1 aromatic heterocycles. The molecule has 1 heterocycles. The molecule has 0 bridgehead atoms. The molecule has 5 nitrogen and oxygen atoms in total. The molecule has 1 aromatic carbocycles. The van der Waals surface area contributed by atoms with E-state index in [0.29, 0.717) is 10.3 Å². The van der Waals surface area contributed by atoms with Crippen LogP contribution in [0.1, 0.15) is 5.56 Å². The molecule has 2 rings (SSSR count). The van der Waals surface area contributed by atoms with E-state index in [2.05, 4.69) is 26.1 Å². The third-order valence-electron chi connectivity index (χ3n) is 2.72. The number of nitrogens with two attached hydrogens (primary N) is 1. The fraction of sp³-hybridized carbons (Fsp3) is 0.250. The van der Waals surface area contributed by atoms with Crippen LogP contribution in [0.2, 0.25) is 0 Å². The molecule has 0 saturated carbocycles. The summed E-state index contributed by atoms with van der Waals surface area (Å²) in [6.07, 6.45) is 0. The molecular weight excluding hydrogens is 298 g/mol. The molecule has 0 atom stereocenters. The Morgan fingerprint density at radius 2 is 1.89 bits per heavy atom. The summed E-state index contributed by atoms with van der Waals surface area (Å²) >= 11 is 3.40. The van der Waals surface area contributed by atoms with Gasteiger partial charge in [-0.1, -0.05) is 0 Å². The molecule has 6 heteroatoms. The topological polar surface area (TPSA) is 73.2 Å². The second kappa shape index (κ2) is 4.89. The van der Waals surface area contributed by atoms with Gasteiger partial charge in [0.2, 0.25) is 0 Å². The summed E-state index contributed by atoms with van der Waals surface area (Å²) in [6, 6.07) is 3.81. The predicted octanol–water partition coefficient (Wildman–Crippen LogP) is 2.75. The van der Waals surface area contributed by atoms with Crippen molar-refractivity contribution in [3.8, 4) is 22.8 Å². The van der Waals surface area contributed by atoms with Crippen LogP contribution in [0.5, 0.6) is 11.5 Å². The number of H-pyrrole nitrogens is 1. The first-order valence-corrected chi connectivity index (χ1v) is 6.10. The predicted molar refractivity (Wildman–Crippen MR) is 74.0 cm³/mol. The van der Waals surface area contributed by atoms with E-state index >= 15 is 0 Å². The zero-order valence-corrected chi connectivity index (χ0v) is 12.0. The molecule has 2 aromatic rings. The monoisotopic (exact) mass is 311 g/mol. The summed E-state index contributed by atoms with van der Waals surface area (Å²) in [6.45, 7) is 1.96. The van der Waals surface area contributed by atoms with Crippen LogP contribution in [-0.4, -0.2) is 24.4 Å². The smallest absolute Gasteiger partial charge is 0.160 e. The zero-order chi connectivity index (χ0) is 13.3.